The maximum absolute atomic E-state index is 3.97. The lowest BCUT2D eigenvalue weighted by molar-refractivity contribution is 1.29. The number of fused-ring (bicyclic) bond motifs is 5. The number of rotatable bonds is 6. The second kappa shape index (κ2) is 10.6. The second-order valence-electron chi connectivity index (χ2n) is 10.3. The normalized spacial score (nSPS) is 11.8. The van der Waals surface area contributed by atoms with Crippen LogP contribution in [-0.4, -0.2) is 0 Å². The maximum atomic E-state index is 3.97. The average Bonchev–Trinajstić information content (AvgIpc) is 3.42. The molecular weight excluding hydrogens is 515 g/mol. The summed E-state index contributed by atoms with van der Waals surface area (Å²) in [6.45, 7) is 6.14. The Bertz CT molecular complexity index is 2060. The van der Waals surface area contributed by atoms with Gasteiger partial charge in [0.1, 0.15) is 0 Å². The van der Waals surface area contributed by atoms with Gasteiger partial charge in [0.15, 0.2) is 0 Å². The molecule has 0 radical (unpaired) electrons. The van der Waals surface area contributed by atoms with Crippen molar-refractivity contribution in [3.63, 3.8) is 0 Å². The lowest BCUT2D eigenvalue weighted by Crippen LogP contribution is -2.09. The van der Waals surface area contributed by atoms with Crippen LogP contribution in [0.15, 0.2) is 140 Å². The summed E-state index contributed by atoms with van der Waals surface area (Å²) in [5.74, 6) is 0. The molecule has 1 nitrogen and oxygen atoms in total. The number of allylic oxidation sites excluding steroid dienone is 1. The van der Waals surface area contributed by atoms with Crippen LogP contribution in [0.3, 0.4) is 0 Å². The van der Waals surface area contributed by atoms with Crippen molar-refractivity contribution >= 4 is 77.1 Å². The number of hydrogen-bond acceptors (Lipinski definition) is 2. The number of para-hydroxylation sites is 1. The minimum atomic E-state index is 1.13. The first-order valence-electron chi connectivity index (χ1n) is 13.9. The van der Waals surface area contributed by atoms with Gasteiger partial charge in [-0.3, -0.25) is 0 Å². The molecule has 0 saturated carbocycles. The molecule has 41 heavy (non-hydrogen) atoms. The summed E-state index contributed by atoms with van der Waals surface area (Å²) in [7, 11) is 0. The van der Waals surface area contributed by atoms with Crippen molar-refractivity contribution < 1.29 is 0 Å². The minimum Gasteiger partial charge on any atom is -0.310 e. The Balaban J connectivity index is 1.34. The van der Waals surface area contributed by atoms with E-state index in [-0.39, 0.29) is 0 Å². The van der Waals surface area contributed by atoms with Gasteiger partial charge in [0.05, 0.1) is 0 Å². The van der Waals surface area contributed by atoms with E-state index in [4.69, 9.17) is 0 Å². The zero-order chi connectivity index (χ0) is 27.8. The molecule has 0 aliphatic rings. The summed E-state index contributed by atoms with van der Waals surface area (Å²) in [4.78, 5) is 2.35. The molecule has 0 spiro atoms. The third-order valence-electron chi connectivity index (χ3n) is 7.78. The van der Waals surface area contributed by atoms with Gasteiger partial charge in [0, 0.05) is 37.2 Å². The van der Waals surface area contributed by atoms with Crippen LogP contribution in [0, 0.1) is 0 Å². The Kier molecular flexibility index (Phi) is 6.47. The smallest absolute Gasteiger partial charge is 0.0468 e. The fraction of sp³-hybridized carbons (Fsp3) is 0.0256. The van der Waals surface area contributed by atoms with Gasteiger partial charge in [-0.05, 0) is 88.5 Å². The van der Waals surface area contributed by atoms with Gasteiger partial charge in [0.2, 0.25) is 0 Å². The number of nitrogens with zero attached hydrogens (tertiary/aromatic N) is 1. The van der Waals surface area contributed by atoms with E-state index in [0.717, 1.165) is 22.6 Å². The van der Waals surface area contributed by atoms with Gasteiger partial charge >= 0.3 is 0 Å². The van der Waals surface area contributed by atoms with Crippen LogP contribution in [0.4, 0.5) is 17.1 Å². The van der Waals surface area contributed by atoms with E-state index in [1.807, 2.05) is 17.4 Å². The van der Waals surface area contributed by atoms with Crippen LogP contribution in [-0.2, 0) is 0 Å². The maximum Gasteiger partial charge on any atom is 0.0468 e. The van der Waals surface area contributed by atoms with Gasteiger partial charge in [-0.2, -0.15) is 0 Å². The van der Waals surface area contributed by atoms with Gasteiger partial charge in [-0.25, -0.2) is 0 Å². The Labute approximate surface area is 244 Å². The number of benzene rings is 6. The van der Waals surface area contributed by atoms with Crippen LogP contribution >= 0.6 is 11.3 Å². The molecule has 7 rings (SSSR count). The predicted octanol–water partition coefficient (Wildman–Crippen LogP) is 11.9. The van der Waals surface area contributed by atoms with E-state index in [9.17, 15) is 0 Å². The first-order chi connectivity index (χ1) is 20.2. The van der Waals surface area contributed by atoms with Crippen LogP contribution in [0.25, 0.3) is 48.7 Å². The highest BCUT2D eigenvalue weighted by molar-refractivity contribution is 7.26. The van der Waals surface area contributed by atoms with Gasteiger partial charge in [-0.15, -0.1) is 11.3 Å². The molecule has 7 aromatic rings. The molecule has 0 aliphatic carbocycles. The van der Waals surface area contributed by atoms with Gasteiger partial charge in [0.25, 0.3) is 0 Å². The lowest BCUT2D eigenvalue weighted by Gasteiger charge is -2.26. The molecule has 6 aromatic carbocycles. The quantitative estimate of drug-likeness (QED) is 0.189. The first kappa shape index (κ1) is 25.1. The molecule has 2 heteroatoms. The van der Waals surface area contributed by atoms with Crippen molar-refractivity contribution in [1.82, 2.24) is 0 Å². The summed E-state index contributed by atoms with van der Waals surface area (Å²) < 4.78 is 2.65. The summed E-state index contributed by atoms with van der Waals surface area (Å²) >= 11 is 1.87. The molecule has 0 aliphatic heterocycles. The van der Waals surface area contributed by atoms with Crippen LogP contribution in [0.2, 0.25) is 0 Å². The molecule has 0 atom stereocenters. The Hall–Kier alpha value is -4.92. The Morgan fingerprint density at radius 2 is 1.27 bits per heavy atom. The first-order valence-corrected chi connectivity index (χ1v) is 14.7. The Morgan fingerprint density at radius 1 is 0.610 bits per heavy atom. The molecular formula is C39H29NS. The Morgan fingerprint density at radius 3 is 2.07 bits per heavy atom. The largest absolute Gasteiger partial charge is 0.310 e. The number of thiophene rings is 1. The van der Waals surface area contributed by atoms with E-state index < -0.39 is 0 Å². The summed E-state index contributed by atoms with van der Waals surface area (Å²) in [5.41, 5.74) is 8.14. The predicted molar refractivity (Wildman–Crippen MR) is 182 cm³/mol. The standard InChI is InChI=1S/C39H29NS/c1-3-28-11-7-8-12-31(28)25-27(2)29-17-21-33(22-18-29)40(32-13-5-4-6-14-32)34-23-19-30-20-24-38-39(36(30)26-34)35-15-9-10-16-37(35)41-38/h3-26H,1H2,2H3/b27-25+. The van der Waals surface area contributed by atoms with E-state index in [1.54, 1.807) is 0 Å². The zero-order valence-corrected chi connectivity index (χ0v) is 23.7. The molecule has 1 heterocycles. The van der Waals surface area contributed by atoms with E-state index >= 15 is 0 Å². The molecule has 0 unspecified atom stereocenters. The van der Waals surface area contributed by atoms with Crippen molar-refractivity contribution in [2.75, 3.05) is 4.90 Å². The summed E-state index contributed by atoms with van der Waals surface area (Å²) in [6.07, 6.45) is 4.15. The van der Waals surface area contributed by atoms with Gasteiger partial charge < -0.3 is 4.90 Å². The molecule has 0 saturated heterocycles. The second-order valence-corrected chi connectivity index (χ2v) is 11.4. The van der Waals surface area contributed by atoms with E-state index in [1.165, 1.54) is 47.6 Å². The van der Waals surface area contributed by atoms with Crippen molar-refractivity contribution in [3.05, 3.63) is 157 Å². The molecule has 0 amide bonds. The lowest BCUT2D eigenvalue weighted by atomic mass is 10.00. The highest BCUT2D eigenvalue weighted by atomic mass is 32.1. The SMILES string of the molecule is C=Cc1ccccc1/C=C(\C)c1ccc(N(c2ccccc2)c2ccc3ccc4sc5ccccc5c4c3c2)cc1. The molecule has 0 bridgehead atoms. The minimum absolute atomic E-state index is 1.13. The third-order valence-corrected chi connectivity index (χ3v) is 8.92. The summed E-state index contributed by atoms with van der Waals surface area (Å²) in [5, 5.41) is 5.21. The highest BCUT2D eigenvalue weighted by Gasteiger charge is 2.15. The fourth-order valence-electron chi connectivity index (χ4n) is 5.71. The van der Waals surface area contributed by atoms with Crippen molar-refractivity contribution in [3.8, 4) is 0 Å². The molecule has 196 valence electrons. The van der Waals surface area contributed by atoms with Gasteiger partial charge in [-0.1, -0.05) is 104 Å². The third kappa shape index (κ3) is 4.63. The number of hydrogen-bond donors (Lipinski definition) is 0. The average molecular weight is 544 g/mol. The topological polar surface area (TPSA) is 3.24 Å². The molecule has 1 aromatic heterocycles. The monoisotopic (exact) mass is 543 g/mol. The van der Waals surface area contributed by atoms with E-state index in [0.29, 0.717) is 0 Å². The number of anilines is 3. The zero-order valence-electron chi connectivity index (χ0n) is 22.9. The fourth-order valence-corrected chi connectivity index (χ4v) is 6.83. The van der Waals surface area contributed by atoms with Crippen LogP contribution in [0.5, 0.6) is 0 Å². The molecule has 0 fully saturated rings. The highest BCUT2D eigenvalue weighted by Crippen LogP contribution is 2.42. The van der Waals surface area contributed by atoms with Crippen LogP contribution < -0.4 is 4.90 Å². The van der Waals surface area contributed by atoms with Crippen molar-refractivity contribution in [1.29, 1.82) is 0 Å². The van der Waals surface area contributed by atoms with Crippen molar-refractivity contribution in [2.45, 2.75) is 6.92 Å². The molecule has 0 N–H and O–H groups in total. The van der Waals surface area contributed by atoms with Crippen molar-refractivity contribution in [2.24, 2.45) is 0 Å². The van der Waals surface area contributed by atoms with Crippen LogP contribution in [0.1, 0.15) is 23.6 Å². The van der Waals surface area contributed by atoms with E-state index in [2.05, 4.69) is 158 Å². The summed E-state index contributed by atoms with van der Waals surface area (Å²) in [6, 6.07) is 48.0.